The summed E-state index contributed by atoms with van der Waals surface area (Å²) in [6.45, 7) is 13.3. The van der Waals surface area contributed by atoms with E-state index in [9.17, 15) is 4.79 Å². The first-order chi connectivity index (χ1) is 17.4. The highest BCUT2D eigenvalue weighted by Gasteiger charge is 2.21. The van der Waals surface area contributed by atoms with Gasteiger partial charge in [0.2, 0.25) is 5.89 Å². The van der Waals surface area contributed by atoms with Crippen LogP contribution >= 0.6 is 11.6 Å². The van der Waals surface area contributed by atoms with Gasteiger partial charge in [-0.05, 0) is 81.5 Å². The second-order valence-electron chi connectivity index (χ2n) is 10.5. The molecule has 0 unspecified atom stereocenters. The first-order valence-electron chi connectivity index (χ1n) is 12.3. The third-order valence-corrected chi connectivity index (χ3v) is 5.87. The topological polar surface area (TPSA) is 87.3 Å². The normalized spacial score (nSPS) is 11.8. The van der Waals surface area contributed by atoms with E-state index < -0.39 is 11.6 Å². The Bertz CT molecular complexity index is 1410. The van der Waals surface area contributed by atoms with Crippen LogP contribution in [0.4, 0.5) is 0 Å². The first kappa shape index (κ1) is 26.6. The van der Waals surface area contributed by atoms with Gasteiger partial charge in [0, 0.05) is 17.0 Å². The minimum atomic E-state index is -0.562. The summed E-state index contributed by atoms with van der Waals surface area (Å²) in [4.78, 5) is 26.3. The first-order valence-corrected chi connectivity index (χ1v) is 12.7. The summed E-state index contributed by atoms with van der Waals surface area (Å²) in [7, 11) is 0. The highest BCUT2D eigenvalue weighted by molar-refractivity contribution is 6.30. The van der Waals surface area contributed by atoms with Crippen molar-refractivity contribution in [3.63, 3.8) is 0 Å². The maximum Gasteiger partial charge on any atom is 0.344 e. The lowest BCUT2D eigenvalue weighted by atomic mass is 10.1. The average Bonchev–Trinajstić information content (AvgIpc) is 3.22. The van der Waals surface area contributed by atoms with Gasteiger partial charge in [0.15, 0.2) is 12.1 Å². The minimum absolute atomic E-state index is 0.138. The van der Waals surface area contributed by atoms with Gasteiger partial charge >= 0.3 is 5.97 Å². The van der Waals surface area contributed by atoms with Crippen molar-refractivity contribution in [1.82, 2.24) is 15.0 Å². The molecule has 0 saturated heterocycles. The van der Waals surface area contributed by atoms with E-state index in [2.05, 4.69) is 18.8 Å². The van der Waals surface area contributed by atoms with Crippen LogP contribution in [-0.4, -0.2) is 33.1 Å². The molecule has 2 aromatic heterocycles. The molecule has 0 aliphatic heterocycles. The van der Waals surface area contributed by atoms with Crippen LogP contribution in [0.1, 0.15) is 68.7 Å². The van der Waals surface area contributed by atoms with E-state index in [4.69, 9.17) is 35.5 Å². The number of aromatic nitrogens is 3. The van der Waals surface area contributed by atoms with Crippen molar-refractivity contribution in [1.29, 1.82) is 0 Å². The van der Waals surface area contributed by atoms with Crippen LogP contribution in [0.2, 0.25) is 5.02 Å². The molecular formula is C29H32ClN3O4. The lowest BCUT2D eigenvalue weighted by Crippen LogP contribution is -2.27. The molecule has 0 fully saturated rings. The zero-order valence-corrected chi connectivity index (χ0v) is 23.1. The predicted molar refractivity (Wildman–Crippen MR) is 144 cm³/mol. The van der Waals surface area contributed by atoms with Crippen molar-refractivity contribution in [3.05, 3.63) is 69.6 Å². The molecule has 4 rings (SSSR count). The van der Waals surface area contributed by atoms with Gasteiger partial charge in [-0.3, -0.25) is 0 Å². The van der Waals surface area contributed by atoms with Gasteiger partial charge in [0.1, 0.15) is 17.2 Å². The predicted octanol–water partition coefficient (Wildman–Crippen LogP) is 6.99. The summed E-state index contributed by atoms with van der Waals surface area (Å²) in [6.07, 6.45) is 0.560. The maximum absolute atomic E-state index is 12.1. The summed E-state index contributed by atoms with van der Waals surface area (Å²) in [5.41, 5.74) is 4.98. The third kappa shape index (κ3) is 6.46. The molecule has 2 heterocycles. The van der Waals surface area contributed by atoms with Gasteiger partial charge in [-0.15, -0.1) is 0 Å². The second-order valence-corrected chi connectivity index (χ2v) is 10.9. The van der Waals surface area contributed by atoms with Crippen LogP contribution in [0, 0.1) is 13.8 Å². The monoisotopic (exact) mass is 521 g/mol. The Kier molecular flexibility index (Phi) is 7.55. The van der Waals surface area contributed by atoms with Crippen molar-refractivity contribution in [3.8, 4) is 17.2 Å². The molecule has 0 spiro atoms. The van der Waals surface area contributed by atoms with E-state index in [1.54, 1.807) is 0 Å². The van der Waals surface area contributed by atoms with Gasteiger partial charge in [-0.1, -0.05) is 37.6 Å². The van der Waals surface area contributed by atoms with Crippen molar-refractivity contribution in [2.24, 2.45) is 0 Å². The summed E-state index contributed by atoms with van der Waals surface area (Å²) in [5, 5.41) is 0.690. The van der Waals surface area contributed by atoms with Crippen molar-refractivity contribution in [2.75, 3.05) is 6.61 Å². The second kappa shape index (κ2) is 10.5. The van der Waals surface area contributed by atoms with E-state index in [0.717, 1.165) is 27.9 Å². The van der Waals surface area contributed by atoms with E-state index in [-0.39, 0.29) is 12.5 Å². The molecule has 37 heavy (non-hydrogen) atoms. The number of fused-ring (bicyclic) bond motifs is 1. The molecule has 8 heteroatoms. The zero-order chi connectivity index (χ0) is 26.9. The Morgan fingerprint density at radius 1 is 1.03 bits per heavy atom. The van der Waals surface area contributed by atoms with Gasteiger partial charge < -0.3 is 13.9 Å². The molecule has 0 saturated carbocycles. The molecule has 0 bridgehead atoms. The highest BCUT2D eigenvalue weighted by Crippen LogP contribution is 2.33. The minimum Gasteiger partial charge on any atom is -0.481 e. The molecule has 0 N–H and O–H groups in total. The van der Waals surface area contributed by atoms with Gasteiger partial charge in [-0.25, -0.2) is 14.8 Å². The fourth-order valence-electron chi connectivity index (χ4n) is 4.08. The standard InChI is InChI=1S/C29H32ClN3O4/c1-16(2)24-25-28(32-22(31-24)14-19-8-10-21(30)11-9-19)36-27(33-25)20-12-17(3)26(18(4)13-20)35-15-23(34)37-29(5,6)7/h8-13,16H,14-15H2,1-7H3. The van der Waals surface area contributed by atoms with Gasteiger partial charge in [0.25, 0.3) is 5.71 Å². The van der Waals surface area contributed by atoms with Crippen LogP contribution in [0.3, 0.4) is 0 Å². The van der Waals surface area contributed by atoms with Gasteiger partial charge in [0.05, 0.1) is 5.69 Å². The highest BCUT2D eigenvalue weighted by atomic mass is 35.5. The molecular weight excluding hydrogens is 490 g/mol. The number of hydrogen-bond acceptors (Lipinski definition) is 7. The van der Waals surface area contributed by atoms with Crippen molar-refractivity contribution in [2.45, 2.75) is 66.4 Å². The quantitative estimate of drug-likeness (QED) is 0.242. The molecule has 0 amide bonds. The lowest BCUT2D eigenvalue weighted by Gasteiger charge is -2.20. The van der Waals surface area contributed by atoms with Crippen molar-refractivity contribution < 1.29 is 18.7 Å². The molecule has 0 aliphatic rings. The van der Waals surface area contributed by atoms with E-state index in [1.807, 2.05) is 71.0 Å². The molecule has 4 aromatic rings. The summed E-state index contributed by atoms with van der Waals surface area (Å²) < 4.78 is 17.3. The fraction of sp³-hybridized carbons (Fsp3) is 0.379. The summed E-state index contributed by atoms with van der Waals surface area (Å²) in [5.74, 6) is 1.49. The number of esters is 1. The molecule has 2 aromatic carbocycles. The van der Waals surface area contributed by atoms with Crippen LogP contribution in [0.5, 0.6) is 5.75 Å². The number of carbonyl (C=O) groups excluding carboxylic acids is 1. The van der Waals surface area contributed by atoms with Crippen LogP contribution in [0.25, 0.3) is 22.7 Å². The number of nitrogens with zero attached hydrogens (tertiary/aromatic N) is 3. The Morgan fingerprint density at radius 3 is 2.27 bits per heavy atom. The van der Waals surface area contributed by atoms with Gasteiger partial charge in [-0.2, -0.15) is 4.98 Å². The Hall–Kier alpha value is -3.45. The number of oxazole rings is 1. The molecule has 7 nitrogen and oxygen atoms in total. The Morgan fingerprint density at radius 2 is 1.68 bits per heavy atom. The molecule has 194 valence electrons. The zero-order valence-electron chi connectivity index (χ0n) is 22.3. The van der Waals surface area contributed by atoms with Crippen LogP contribution in [-0.2, 0) is 16.0 Å². The lowest BCUT2D eigenvalue weighted by molar-refractivity contribution is -0.157. The Balaban J connectivity index is 1.63. The van der Waals surface area contributed by atoms with Crippen molar-refractivity contribution >= 4 is 28.8 Å². The van der Waals surface area contributed by atoms with Crippen LogP contribution in [0.15, 0.2) is 40.8 Å². The third-order valence-electron chi connectivity index (χ3n) is 5.62. The number of ether oxygens (including phenoxy) is 2. The number of hydrogen-bond donors (Lipinski definition) is 0. The summed E-state index contributed by atoms with van der Waals surface area (Å²) in [6, 6.07) is 11.5. The molecule has 0 aliphatic carbocycles. The number of aryl methyl sites for hydroxylation is 2. The maximum atomic E-state index is 12.1. The van der Waals surface area contributed by atoms with Crippen LogP contribution < -0.4 is 4.74 Å². The number of halogens is 1. The van der Waals surface area contributed by atoms with E-state index in [0.29, 0.717) is 40.1 Å². The number of carbonyl (C=O) groups is 1. The average molecular weight is 522 g/mol. The van der Waals surface area contributed by atoms with E-state index in [1.165, 1.54) is 0 Å². The smallest absolute Gasteiger partial charge is 0.344 e. The van der Waals surface area contributed by atoms with E-state index >= 15 is 0 Å². The molecule has 0 atom stereocenters. The SMILES string of the molecule is Cc1cc(-c2nc3c(C(C)C)nc(Cc4ccc(Cl)cc4)nc3o2)cc(C)c1OCC(=O)OC(C)(C)C. The molecule has 0 radical (unpaired) electrons. The summed E-state index contributed by atoms with van der Waals surface area (Å²) >= 11 is 6.02. The largest absolute Gasteiger partial charge is 0.481 e. The number of benzene rings is 2. The Labute approximate surface area is 222 Å². The number of rotatable bonds is 7. The fourth-order valence-corrected chi connectivity index (χ4v) is 4.21.